The Hall–Kier alpha value is -1.64. The minimum Gasteiger partial charge on any atom is -0.251 e. The molecule has 2 nitrogen and oxygen atoms in total. The van der Waals surface area contributed by atoms with Gasteiger partial charge in [0.15, 0.2) is 0 Å². The molecule has 2 rings (SSSR count). The number of benzene rings is 2. The van der Waals surface area contributed by atoms with E-state index in [1.807, 2.05) is 54.6 Å². The highest BCUT2D eigenvalue weighted by Crippen LogP contribution is 2.23. The molecule has 0 spiro atoms. The third kappa shape index (κ3) is 2.24. The number of hydrogen-bond acceptors (Lipinski definition) is 2. The third-order valence-electron chi connectivity index (χ3n) is 2.32. The molecule has 1 N–H and O–H groups in total. The summed E-state index contributed by atoms with van der Waals surface area (Å²) in [5, 5.41) is 8.49. The van der Waals surface area contributed by atoms with Crippen LogP contribution in [-0.4, -0.2) is 5.26 Å². The monoisotopic (exact) mass is 200 g/mol. The van der Waals surface area contributed by atoms with Crippen molar-refractivity contribution in [1.29, 1.82) is 0 Å². The van der Waals surface area contributed by atoms with Gasteiger partial charge < -0.3 is 0 Å². The van der Waals surface area contributed by atoms with Gasteiger partial charge in [0.2, 0.25) is 0 Å². The Labute approximate surface area is 88.7 Å². The molecule has 0 fully saturated rings. The van der Waals surface area contributed by atoms with Crippen LogP contribution in [0.15, 0.2) is 54.6 Å². The van der Waals surface area contributed by atoms with Crippen LogP contribution in [0, 0.1) is 0 Å². The lowest BCUT2D eigenvalue weighted by Gasteiger charge is -2.07. The highest BCUT2D eigenvalue weighted by Gasteiger charge is 2.03. The quantitative estimate of drug-likeness (QED) is 0.608. The molecule has 0 aliphatic rings. The van der Waals surface area contributed by atoms with Crippen LogP contribution in [0.4, 0.5) is 0 Å². The van der Waals surface area contributed by atoms with Crippen molar-refractivity contribution in [2.75, 3.05) is 0 Å². The van der Waals surface area contributed by atoms with Gasteiger partial charge in [0, 0.05) is 0 Å². The minimum atomic E-state index is 0.213. The predicted molar refractivity (Wildman–Crippen MR) is 59.3 cm³/mol. The van der Waals surface area contributed by atoms with E-state index in [-0.39, 0.29) is 6.61 Å². The van der Waals surface area contributed by atoms with E-state index in [9.17, 15) is 0 Å². The van der Waals surface area contributed by atoms with Crippen LogP contribution in [0.1, 0.15) is 5.56 Å². The maximum atomic E-state index is 8.49. The van der Waals surface area contributed by atoms with Crippen molar-refractivity contribution in [2.24, 2.45) is 0 Å². The van der Waals surface area contributed by atoms with Crippen molar-refractivity contribution in [2.45, 2.75) is 6.61 Å². The van der Waals surface area contributed by atoms with E-state index < -0.39 is 0 Å². The first-order valence-electron chi connectivity index (χ1n) is 4.81. The van der Waals surface area contributed by atoms with Gasteiger partial charge in [-0.2, -0.15) is 0 Å². The average molecular weight is 200 g/mol. The van der Waals surface area contributed by atoms with E-state index in [1.165, 1.54) is 0 Å². The molecular weight excluding hydrogens is 188 g/mol. The van der Waals surface area contributed by atoms with Gasteiger partial charge in [0.1, 0.15) is 6.61 Å². The molecule has 0 saturated carbocycles. The maximum Gasteiger partial charge on any atom is 0.108 e. The molecule has 0 saturated heterocycles. The fourth-order valence-electron chi connectivity index (χ4n) is 1.62. The zero-order valence-corrected chi connectivity index (χ0v) is 8.26. The molecule has 0 aliphatic carbocycles. The summed E-state index contributed by atoms with van der Waals surface area (Å²) in [6.45, 7) is 0.213. The molecule has 0 atom stereocenters. The molecule has 2 heteroatoms. The second-order valence-corrected chi connectivity index (χ2v) is 3.30. The second-order valence-electron chi connectivity index (χ2n) is 3.30. The van der Waals surface area contributed by atoms with Crippen LogP contribution in [-0.2, 0) is 11.5 Å². The molecule has 2 aromatic rings. The summed E-state index contributed by atoms with van der Waals surface area (Å²) in [4.78, 5) is 4.19. The van der Waals surface area contributed by atoms with Crippen LogP contribution in [0.5, 0.6) is 0 Å². The lowest BCUT2D eigenvalue weighted by atomic mass is 10.0. The summed E-state index contributed by atoms with van der Waals surface area (Å²) in [7, 11) is 0. The first kappa shape index (κ1) is 9.90. The lowest BCUT2D eigenvalue weighted by molar-refractivity contribution is -0.252. The highest BCUT2D eigenvalue weighted by molar-refractivity contribution is 5.66. The molecule has 0 aliphatic heterocycles. The first-order chi connectivity index (χ1) is 7.42. The zero-order chi connectivity index (χ0) is 10.5. The summed E-state index contributed by atoms with van der Waals surface area (Å²) >= 11 is 0. The minimum absolute atomic E-state index is 0.213. The van der Waals surface area contributed by atoms with E-state index in [4.69, 9.17) is 5.26 Å². The summed E-state index contributed by atoms with van der Waals surface area (Å²) < 4.78 is 0. The predicted octanol–water partition coefficient (Wildman–Crippen LogP) is 3.34. The Balaban J connectivity index is 2.43. The Morgan fingerprint density at radius 3 is 2.27 bits per heavy atom. The smallest absolute Gasteiger partial charge is 0.108 e. The standard InChI is InChI=1S/C13H12O2/c14-15-10-12-8-4-5-9-13(12)11-6-2-1-3-7-11/h1-9,14H,10H2. The van der Waals surface area contributed by atoms with Crippen LogP contribution in [0.2, 0.25) is 0 Å². The van der Waals surface area contributed by atoms with Crippen molar-refractivity contribution in [3.63, 3.8) is 0 Å². The molecule has 0 heterocycles. The van der Waals surface area contributed by atoms with Gasteiger partial charge in [0.05, 0.1) is 0 Å². The Morgan fingerprint density at radius 2 is 1.53 bits per heavy atom. The normalized spacial score (nSPS) is 10.2. The van der Waals surface area contributed by atoms with Gasteiger partial charge in [-0.1, -0.05) is 54.6 Å². The van der Waals surface area contributed by atoms with Gasteiger partial charge in [-0.05, 0) is 16.7 Å². The second kappa shape index (κ2) is 4.73. The van der Waals surface area contributed by atoms with E-state index in [2.05, 4.69) is 4.89 Å². The molecule has 2 aromatic carbocycles. The van der Waals surface area contributed by atoms with Crippen molar-refractivity contribution in [1.82, 2.24) is 0 Å². The molecule has 0 radical (unpaired) electrons. The van der Waals surface area contributed by atoms with Gasteiger partial charge in [-0.3, -0.25) is 5.26 Å². The fourth-order valence-corrected chi connectivity index (χ4v) is 1.62. The first-order valence-corrected chi connectivity index (χ1v) is 4.81. The summed E-state index contributed by atoms with van der Waals surface area (Å²) in [5.41, 5.74) is 3.20. The molecular formula is C13H12O2. The lowest BCUT2D eigenvalue weighted by Crippen LogP contribution is -1.91. The van der Waals surface area contributed by atoms with Crippen LogP contribution < -0.4 is 0 Å². The van der Waals surface area contributed by atoms with E-state index in [1.54, 1.807) is 0 Å². The van der Waals surface area contributed by atoms with Gasteiger partial charge in [-0.15, -0.1) is 0 Å². The maximum absolute atomic E-state index is 8.49. The van der Waals surface area contributed by atoms with Gasteiger partial charge in [-0.25, -0.2) is 4.89 Å². The largest absolute Gasteiger partial charge is 0.251 e. The van der Waals surface area contributed by atoms with Crippen LogP contribution in [0.25, 0.3) is 11.1 Å². The average Bonchev–Trinajstić information content (AvgIpc) is 2.31. The van der Waals surface area contributed by atoms with Crippen molar-refractivity contribution < 1.29 is 10.1 Å². The Morgan fingerprint density at radius 1 is 0.867 bits per heavy atom. The number of hydrogen-bond donors (Lipinski definition) is 1. The summed E-state index contributed by atoms with van der Waals surface area (Å²) in [6.07, 6.45) is 0. The van der Waals surface area contributed by atoms with Crippen molar-refractivity contribution in [3.8, 4) is 11.1 Å². The molecule has 0 aromatic heterocycles. The van der Waals surface area contributed by atoms with Crippen molar-refractivity contribution >= 4 is 0 Å². The third-order valence-corrected chi connectivity index (χ3v) is 2.32. The SMILES string of the molecule is OOCc1ccccc1-c1ccccc1. The number of rotatable bonds is 3. The molecule has 0 bridgehead atoms. The molecule has 15 heavy (non-hydrogen) atoms. The van der Waals surface area contributed by atoms with Crippen LogP contribution >= 0.6 is 0 Å². The van der Waals surface area contributed by atoms with E-state index in [0.29, 0.717) is 0 Å². The van der Waals surface area contributed by atoms with Crippen molar-refractivity contribution in [3.05, 3.63) is 60.2 Å². The topological polar surface area (TPSA) is 29.5 Å². The highest BCUT2D eigenvalue weighted by atomic mass is 17.1. The van der Waals surface area contributed by atoms with E-state index >= 15 is 0 Å². The van der Waals surface area contributed by atoms with Gasteiger partial charge in [0.25, 0.3) is 0 Å². The fraction of sp³-hybridized carbons (Fsp3) is 0.0769. The molecule has 0 unspecified atom stereocenters. The molecule has 0 amide bonds. The Bertz CT molecular complexity index is 424. The van der Waals surface area contributed by atoms with Crippen LogP contribution in [0.3, 0.4) is 0 Å². The Kier molecular flexibility index (Phi) is 3.12. The summed E-state index contributed by atoms with van der Waals surface area (Å²) in [5.74, 6) is 0. The summed E-state index contributed by atoms with van der Waals surface area (Å²) in [6, 6.07) is 17.9. The van der Waals surface area contributed by atoms with Gasteiger partial charge >= 0.3 is 0 Å². The molecule has 76 valence electrons. The zero-order valence-electron chi connectivity index (χ0n) is 8.26. The van der Waals surface area contributed by atoms with E-state index in [0.717, 1.165) is 16.7 Å².